The molecular formula is C32H20O21. The minimum atomic E-state index is -1.63. The lowest BCUT2D eigenvalue weighted by Crippen LogP contribution is -1.96. The highest BCUT2D eigenvalue weighted by molar-refractivity contribution is 6.31. The summed E-state index contributed by atoms with van der Waals surface area (Å²) in [7, 11) is 0. The van der Waals surface area contributed by atoms with Gasteiger partial charge in [-0.2, -0.15) is 0 Å². The number of phenolic OH excluding ortho intramolecular Hbond substituents is 20. The van der Waals surface area contributed by atoms with Crippen LogP contribution in [0.25, 0.3) is 65.7 Å². The Balaban J connectivity index is 1.91. The second-order valence-corrected chi connectivity index (χ2v) is 11.5. The lowest BCUT2D eigenvalue weighted by molar-refractivity contribution is 0.330. The maximum absolute atomic E-state index is 11.8. The second kappa shape index (κ2) is 10.1. The molecule has 0 spiro atoms. The Morgan fingerprint density at radius 3 is 0.736 bits per heavy atom. The Morgan fingerprint density at radius 1 is 0.170 bits per heavy atom. The Morgan fingerprint density at radius 2 is 0.377 bits per heavy atom. The standard InChI is InChI=1S/C32H20O21/c33-11-7(18(40)29(51)31-9(11)10-19(41)26(48)28(50)30(52)32(10)53-31)1-3-5(14(36)22(44)20(42)12(3)34)2(6-4(1)13(35)21(43)23(45)15(6)37)8-16(38)24(46)27(49)25(47)17(8)39/h33-52H. The molecule has 0 bridgehead atoms. The minimum Gasteiger partial charge on any atom is -0.506 e. The molecule has 20 N–H and O–H groups in total. The van der Waals surface area contributed by atoms with E-state index in [-0.39, 0.29) is 0 Å². The van der Waals surface area contributed by atoms with Crippen LogP contribution in [0.3, 0.4) is 0 Å². The second-order valence-electron chi connectivity index (χ2n) is 11.5. The van der Waals surface area contributed by atoms with Crippen LogP contribution in [0.1, 0.15) is 0 Å². The van der Waals surface area contributed by atoms with Crippen molar-refractivity contribution in [1.29, 1.82) is 0 Å². The lowest BCUT2D eigenvalue weighted by atomic mass is 9.82. The quantitative estimate of drug-likeness (QED) is 0.0686. The van der Waals surface area contributed by atoms with E-state index in [1.807, 2.05) is 0 Å². The Labute approximate surface area is 287 Å². The van der Waals surface area contributed by atoms with Crippen LogP contribution in [0.2, 0.25) is 0 Å². The van der Waals surface area contributed by atoms with Gasteiger partial charge in [-0.15, -0.1) is 0 Å². The van der Waals surface area contributed by atoms with Gasteiger partial charge in [0.05, 0.1) is 21.9 Å². The largest absolute Gasteiger partial charge is 0.506 e. The van der Waals surface area contributed by atoms with E-state index in [4.69, 9.17) is 4.42 Å². The van der Waals surface area contributed by atoms with Gasteiger partial charge in [0.25, 0.3) is 0 Å². The molecule has 6 aromatic carbocycles. The van der Waals surface area contributed by atoms with Crippen LogP contribution in [0, 0.1) is 0 Å². The van der Waals surface area contributed by atoms with Gasteiger partial charge in [-0.25, -0.2) is 0 Å². The maximum Gasteiger partial charge on any atom is 0.208 e. The van der Waals surface area contributed by atoms with E-state index in [9.17, 15) is 102 Å². The van der Waals surface area contributed by atoms with Gasteiger partial charge in [0.2, 0.25) is 63.2 Å². The van der Waals surface area contributed by atoms with E-state index in [0.717, 1.165) is 0 Å². The van der Waals surface area contributed by atoms with Crippen LogP contribution in [0.15, 0.2) is 4.42 Å². The van der Waals surface area contributed by atoms with Crippen LogP contribution < -0.4 is 0 Å². The number of hydrogen-bond acceptors (Lipinski definition) is 21. The van der Waals surface area contributed by atoms with Gasteiger partial charge in [0, 0.05) is 32.7 Å². The highest BCUT2D eigenvalue weighted by atomic mass is 16.4. The summed E-state index contributed by atoms with van der Waals surface area (Å²) in [5.41, 5.74) is -7.03. The number of benzene rings is 6. The monoisotopic (exact) mass is 740 g/mol. The molecule has 7 aromatic rings. The average Bonchev–Trinajstić information content (AvgIpc) is 3.54. The van der Waals surface area contributed by atoms with Crippen molar-refractivity contribution in [2.75, 3.05) is 0 Å². The minimum absolute atomic E-state index is 0.892. The van der Waals surface area contributed by atoms with E-state index in [0.29, 0.717) is 0 Å². The topological polar surface area (TPSA) is 418 Å². The van der Waals surface area contributed by atoms with Crippen molar-refractivity contribution in [1.82, 2.24) is 0 Å². The van der Waals surface area contributed by atoms with Crippen LogP contribution >= 0.6 is 0 Å². The molecule has 0 aliphatic rings. The van der Waals surface area contributed by atoms with Crippen LogP contribution in [-0.2, 0) is 0 Å². The van der Waals surface area contributed by atoms with E-state index in [2.05, 4.69) is 0 Å². The summed E-state index contributed by atoms with van der Waals surface area (Å²) in [6.45, 7) is 0. The van der Waals surface area contributed by atoms with Gasteiger partial charge in [-0.1, -0.05) is 0 Å². The smallest absolute Gasteiger partial charge is 0.208 e. The van der Waals surface area contributed by atoms with Crippen molar-refractivity contribution in [3.8, 4) is 137 Å². The van der Waals surface area contributed by atoms with Gasteiger partial charge in [-0.3, -0.25) is 0 Å². The molecule has 0 amide bonds. The van der Waals surface area contributed by atoms with Crippen LogP contribution in [-0.4, -0.2) is 102 Å². The SMILES string of the molecule is Oc1c(O)c(O)c(-c2c3c(O)c(O)c(O)c(O)c3c(-c3c(O)c(O)c4oc5c(O)c(O)c(O)c(O)c5c4c3O)c3c(O)c(O)c(O)c(O)c23)c(O)c1O. The third-order valence-corrected chi connectivity index (χ3v) is 8.85. The fourth-order valence-corrected chi connectivity index (χ4v) is 6.41. The molecule has 0 aliphatic heterocycles. The van der Waals surface area contributed by atoms with Gasteiger partial charge in [0.1, 0.15) is 5.75 Å². The normalized spacial score (nSPS) is 11.8. The van der Waals surface area contributed by atoms with Gasteiger partial charge < -0.3 is 107 Å². The Hall–Kier alpha value is -8.36. The lowest BCUT2D eigenvalue weighted by Gasteiger charge is -2.24. The highest BCUT2D eigenvalue weighted by Gasteiger charge is 2.39. The molecule has 53 heavy (non-hydrogen) atoms. The van der Waals surface area contributed by atoms with Crippen molar-refractivity contribution in [2.24, 2.45) is 0 Å². The van der Waals surface area contributed by atoms with Gasteiger partial charge >= 0.3 is 0 Å². The van der Waals surface area contributed by atoms with E-state index in [1.54, 1.807) is 0 Å². The van der Waals surface area contributed by atoms with Gasteiger partial charge in [-0.05, 0) is 0 Å². The van der Waals surface area contributed by atoms with Crippen LogP contribution in [0.5, 0.6) is 115 Å². The zero-order chi connectivity index (χ0) is 39.2. The average molecular weight is 740 g/mol. The number of phenols is 20. The number of aromatic hydroxyl groups is 20. The first kappa shape index (κ1) is 33.2. The highest BCUT2D eigenvalue weighted by Crippen LogP contribution is 2.68. The molecule has 0 radical (unpaired) electrons. The Kier molecular flexibility index (Phi) is 6.32. The fraction of sp³-hybridized carbons (Fsp3) is 0. The summed E-state index contributed by atoms with van der Waals surface area (Å²) in [5, 5.41) is 209. The zero-order valence-electron chi connectivity index (χ0n) is 25.4. The molecule has 274 valence electrons. The summed E-state index contributed by atoms with van der Waals surface area (Å²) in [6, 6.07) is 0. The summed E-state index contributed by atoms with van der Waals surface area (Å²) >= 11 is 0. The van der Waals surface area contributed by atoms with Crippen molar-refractivity contribution < 1.29 is 107 Å². The van der Waals surface area contributed by atoms with Crippen molar-refractivity contribution >= 4 is 43.5 Å². The number of rotatable bonds is 2. The number of fused-ring (bicyclic) bond motifs is 5. The first-order valence-corrected chi connectivity index (χ1v) is 14.1. The van der Waals surface area contributed by atoms with Gasteiger partial charge in [0.15, 0.2) is 57.2 Å². The number of hydrogen-bond donors (Lipinski definition) is 20. The van der Waals surface area contributed by atoms with Crippen LogP contribution in [0.4, 0.5) is 0 Å². The molecule has 1 aromatic heterocycles. The molecule has 0 saturated heterocycles. The zero-order valence-corrected chi connectivity index (χ0v) is 25.4. The first-order valence-electron chi connectivity index (χ1n) is 14.1. The summed E-state index contributed by atoms with van der Waals surface area (Å²) in [5.74, 6) is -30.7. The predicted molar refractivity (Wildman–Crippen MR) is 173 cm³/mol. The summed E-state index contributed by atoms with van der Waals surface area (Å²) in [6.07, 6.45) is 0. The fourth-order valence-electron chi connectivity index (χ4n) is 6.41. The molecule has 1 heterocycles. The molecule has 0 aliphatic carbocycles. The molecule has 21 heteroatoms. The first-order chi connectivity index (χ1) is 24.7. The predicted octanol–water partition coefficient (Wildman–Crippen LogP) is 3.34. The number of furan rings is 1. The molecule has 0 saturated carbocycles. The molecule has 0 unspecified atom stereocenters. The van der Waals surface area contributed by atoms with E-state index in [1.165, 1.54) is 0 Å². The molecule has 7 rings (SSSR count). The molecule has 0 fully saturated rings. The third kappa shape index (κ3) is 3.67. The molecule has 21 nitrogen and oxygen atoms in total. The van der Waals surface area contributed by atoms with Crippen molar-refractivity contribution in [3.63, 3.8) is 0 Å². The van der Waals surface area contributed by atoms with Crippen molar-refractivity contribution in [2.45, 2.75) is 0 Å². The maximum atomic E-state index is 11.8. The van der Waals surface area contributed by atoms with E-state index < -0.39 is 181 Å². The third-order valence-electron chi connectivity index (χ3n) is 8.85. The van der Waals surface area contributed by atoms with E-state index >= 15 is 0 Å². The Bertz CT molecular complexity index is 2780. The summed E-state index contributed by atoms with van der Waals surface area (Å²) in [4.78, 5) is 0. The summed E-state index contributed by atoms with van der Waals surface area (Å²) < 4.78 is 5.25. The molecular weight excluding hydrogens is 720 g/mol. The molecule has 0 atom stereocenters. The van der Waals surface area contributed by atoms with Crippen molar-refractivity contribution in [3.05, 3.63) is 0 Å².